The van der Waals surface area contributed by atoms with Crippen LogP contribution in [0.15, 0.2) is 0 Å². The van der Waals surface area contributed by atoms with Gasteiger partial charge in [0.15, 0.2) is 0 Å². The van der Waals surface area contributed by atoms with E-state index in [4.69, 9.17) is 0 Å². The van der Waals surface area contributed by atoms with Crippen LogP contribution in [0, 0.1) is 0 Å². The van der Waals surface area contributed by atoms with Crippen LogP contribution in [0.3, 0.4) is 0 Å². The molecule has 0 unspecified atom stereocenters. The maximum Gasteiger partial charge on any atom is 2.00 e. The van der Waals surface area contributed by atoms with Crippen LogP contribution in [0.4, 0.5) is 0 Å². The molecule has 0 spiro atoms. The summed E-state index contributed by atoms with van der Waals surface area (Å²) < 4.78 is 0. The van der Waals surface area contributed by atoms with E-state index in [2.05, 4.69) is 0 Å². The number of hydrogen-bond donors (Lipinski definition) is 0. The van der Waals surface area contributed by atoms with Crippen molar-refractivity contribution < 1.29 is 53.2 Å². The molecule has 0 N–H and O–H groups in total. The van der Waals surface area contributed by atoms with Crippen molar-refractivity contribution in [3.8, 4) is 0 Å². The molecule has 0 aliphatic carbocycles. The molecule has 5 heavy (non-hydrogen) atoms. The zero-order chi connectivity index (χ0) is 0. The van der Waals surface area contributed by atoms with Gasteiger partial charge in [-0.05, 0) is 11.0 Å². The van der Waals surface area contributed by atoms with Gasteiger partial charge in [0.1, 0.15) is 0 Å². The topological polar surface area (TPSA) is 0 Å². The Morgan fingerprint density at radius 3 is 1.20 bits per heavy atom. The second-order valence-electron chi connectivity index (χ2n) is 0. The largest absolute Gasteiger partial charge is 2.00 e. The number of hydrogen-bond acceptors (Lipinski definition) is 0. The van der Waals surface area contributed by atoms with E-state index >= 15 is 0 Å². The zero-order valence-corrected chi connectivity index (χ0v) is 6.26. The van der Waals surface area contributed by atoms with Gasteiger partial charge in [-0.3, -0.25) is 0 Å². The minimum atomic E-state index is 0. The van der Waals surface area contributed by atoms with Crippen LogP contribution in [-0.2, 0) is 50.3 Å². The van der Waals surface area contributed by atoms with E-state index in [9.17, 15) is 0 Å². The Bertz CT molecular complexity index is 17.7. The molecular weight excluding hydrogens is 226 g/mol. The summed E-state index contributed by atoms with van der Waals surface area (Å²) in [5.74, 6) is 0. The molecule has 0 aromatic carbocycles. The molecule has 0 heterocycles. The van der Waals surface area contributed by atoms with E-state index in [-0.39, 0.29) is 87.2 Å². The Balaban J connectivity index is 0. The first-order chi connectivity index (χ1) is 0. The van der Waals surface area contributed by atoms with Gasteiger partial charge in [0.25, 0.3) is 0 Å². The van der Waals surface area contributed by atoms with Gasteiger partial charge >= 0.3 is 23.1 Å². The first-order valence-corrected chi connectivity index (χ1v) is 0. The standard InChI is InChI=1S/Co.Fe.Mg.Ni.H4Si.2H/h;;;;1H4;;/q;;+2;;;2*-1. The van der Waals surface area contributed by atoms with Crippen molar-refractivity contribution in [3.05, 3.63) is 0 Å². The minimum absolute atomic E-state index is 0. The van der Waals surface area contributed by atoms with Crippen molar-refractivity contribution in [2.75, 3.05) is 0 Å². The summed E-state index contributed by atoms with van der Waals surface area (Å²) in [5, 5.41) is 0. The molecule has 1 radical (unpaired) electrons. The molecule has 5 heteroatoms. The van der Waals surface area contributed by atoms with Gasteiger partial charge in [-0.15, -0.1) is 0 Å². The van der Waals surface area contributed by atoms with E-state index in [1.807, 2.05) is 0 Å². The van der Waals surface area contributed by atoms with E-state index in [0.29, 0.717) is 0 Å². The first-order valence-electron chi connectivity index (χ1n) is 0. The van der Waals surface area contributed by atoms with Crippen LogP contribution in [-0.4, -0.2) is 34.0 Å². The fraction of sp³-hybridized carbons (Fsp3) is 0. The molecule has 0 aromatic rings. The van der Waals surface area contributed by atoms with Crippen LogP contribution in [0.1, 0.15) is 2.85 Å². The molecule has 0 bridgehead atoms. The molecule has 0 saturated heterocycles. The van der Waals surface area contributed by atoms with Crippen molar-refractivity contribution in [2.24, 2.45) is 0 Å². The van der Waals surface area contributed by atoms with Gasteiger partial charge in [0.2, 0.25) is 0 Å². The second kappa shape index (κ2) is 31.4. The van der Waals surface area contributed by atoms with Gasteiger partial charge in [0.05, 0.1) is 0 Å². The Morgan fingerprint density at radius 1 is 1.20 bits per heavy atom. The first kappa shape index (κ1) is 50.7. The average Bonchev–Trinajstić information content (AvgIpc) is 0. The summed E-state index contributed by atoms with van der Waals surface area (Å²) in [6, 6.07) is 0. The second-order valence-corrected chi connectivity index (χ2v) is 0. The SMILES string of the molecule is [Co].[Fe].[H-].[H-].[Mg+2].[Ni].[SiH4]. The molecule has 0 aromatic heterocycles. The summed E-state index contributed by atoms with van der Waals surface area (Å²) in [7, 11) is 0. The fourth-order valence-electron chi connectivity index (χ4n) is 0. The third kappa shape index (κ3) is 21.0. The molecule has 0 atom stereocenters. The Kier molecular flexibility index (Phi) is 318. The number of rotatable bonds is 0. The minimum Gasteiger partial charge on any atom is -1.00 e. The summed E-state index contributed by atoms with van der Waals surface area (Å²) in [4.78, 5) is 0. The van der Waals surface area contributed by atoms with Gasteiger partial charge in [0, 0.05) is 50.3 Å². The van der Waals surface area contributed by atoms with E-state index in [0.717, 1.165) is 0 Å². The predicted molar refractivity (Wildman–Crippen MR) is 19.3 cm³/mol. The van der Waals surface area contributed by atoms with Gasteiger partial charge < -0.3 is 2.85 Å². The van der Waals surface area contributed by atoms with Gasteiger partial charge in [-0.2, -0.15) is 0 Å². The van der Waals surface area contributed by atoms with Crippen LogP contribution < -0.4 is 0 Å². The summed E-state index contributed by atoms with van der Waals surface area (Å²) in [6.07, 6.45) is 0. The van der Waals surface area contributed by atoms with Crippen molar-refractivity contribution >= 4 is 34.0 Å². The summed E-state index contributed by atoms with van der Waals surface area (Å²) in [6.45, 7) is 0. The third-order valence-corrected chi connectivity index (χ3v) is 0. The third-order valence-electron chi connectivity index (χ3n) is 0. The summed E-state index contributed by atoms with van der Waals surface area (Å²) >= 11 is 0. The average molecular weight is 232 g/mol. The Morgan fingerprint density at radius 2 is 1.20 bits per heavy atom. The van der Waals surface area contributed by atoms with Crippen LogP contribution >= 0.6 is 0 Å². The summed E-state index contributed by atoms with van der Waals surface area (Å²) in [5.41, 5.74) is 0. The quantitative estimate of drug-likeness (QED) is 0.440. The van der Waals surface area contributed by atoms with E-state index < -0.39 is 0 Å². The predicted octanol–water partition coefficient (Wildman–Crippen LogP) is -1.61. The van der Waals surface area contributed by atoms with E-state index in [1.54, 1.807) is 0 Å². The molecule has 0 aliphatic rings. The van der Waals surface area contributed by atoms with E-state index in [1.165, 1.54) is 0 Å². The van der Waals surface area contributed by atoms with Gasteiger partial charge in [-0.1, -0.05) is 0 Å². The molecule has 0 saturated carbocycles. The normalized spacial score (nSPS) is 0. The van der Waals surface area contributed by atoms with Crippen LogP contribution in [0.5, 0.6) is 0 Å². The smallest absolute Gasteiger partial charge is 1.00 e. The molecular formula is H6CoFeMgNiSi. The molecule has 0 aliphatic heterocycles. The molecule has 0 nitrogen and oxygen atoms in total. The molecule has 0 rings (SSSR count). The molecule has 39 valence electrons. The maximum atomic E-state index is 0. The molecule has 0 amide bonds. The van der Waals surface area contributed by atoms with Crippen LogP contribution in [0.2, 0.25) is 0 Å². The van der Waals surface area contributed by atoms with Gasteiger partial charge in [-0.25, -0.2) is 0 Å². The zero-order valence-electron chi connectivity index (χ0n) is 3.71. The van der Waals surface area contributed by atoms with Crippen molar-refractivity contribution in [2.45, 2.75) is 0 Å². The maximum absolute atomic E-state index is 0. The van der Waals surface area contributed by atoms with Crippen LogP contribution in [0.25, 0.3) is 0 Å². The monoisotopic (exact) mass is 231 g/mol. The van der Waals surface area contributed by atoms with Crippen molar-refractivity contribution in [3.63, 3.8) is 0 Å². The Labute approximate surface area is 86.3 Å². The van der Waals surface area contributed by atoms with Crippen molar-refractivity contribution in [1.29, 1.82) is 0 Å². The fourth-order valence-corrected chi connectivity index (χ4v) is 0. The van der Waals surface area contributed by atoms with Crippen molar-refractivity contribution in [1.82, 2.24) is 0 Å². The Hall–Kier alpha value is 2.50. The molecule has 0 fully saturated rings.